The number of carbonyl (C=O) groups excluding carboxylic acids is 2. The Morgan fingerprint density at radius 3 is 1.60 bits per heavy atom. The third-order valence-corrected chi connectivity index (χ3v) is 8.28. The molecule has 0 saturated carbocycles. The second kappa shape index (κ2) is 20.5. The number of nitrogens with two attached hydrogens (primary N) is 2. The second-order valence-electron chi connectivity index (χ2n) is 11.2. The van der Waals surface area contributed by atoms with Gasteiger partial charge < -0.3 is 53.5 Å². The van der Waals surface area contributed by atoms with Crippen molar-refractivity contribution in [3.05, 3.63) is 103 Å². The van der Waals surface area contributed by atoms with Crippen LogP contribution < -0.4 is 45.8 Å². The summed E-state index contributed by atoms with van der Waals surface area (Å²) in [4.78, 5) is 26.5. The average Bonchev–Trinajstić information content (AvgIpc) is 3.69. The van der Waals surface area contributed by atoms with Gasteiger partial charge >= 0.3 is 43.7 Å². The molecule has 2 heterocycles. The van der Waals surface area contributed by atoms with Crippen LogP contribution in [0.5, 0.6) is 11.5 Å². The zero-order valence-electron chi connectivity index (χ0n) is 28.4. The summed E-state index contributed by atoms with van der Waals surface area (Å²) >= 11 is 0. The monoisotopic (exact) mass is 674 g/mol. The van der Waals surface area contributed by atoms with E-state index in [1.54, 1.807) is 65.7 Å². The van der Waals surface area contributed by atoms with Crippen LogP contribution in [-0.4, -0.2) is 75.0 Å². The fraction of sp³-hybridized carbons (Fsp3) is 0.364. The van der Waals surface area contributed by atoms with Crippen molar-refractivity contribution in [1.82, 2.24) is 9.62 Å². The molecule has 48 heavy (non-hydrogen) atoms. The number of hydrogen-bond acceptors (Lipinski definition) is 9. The van der Waals surface area contributed by atoms with Gasteiger partial charge in [0, 0.05) is 24.8 Å². The van der Waals surface area contributed by atoms with Gasteiger partial charge in [0.15, 0.2) is 0 Å². The van der Waals surface area contributed by atoms with Crippen LogP contribution in [0.2, 0.25) is 13.6 Å². The van der Waals surface area contributed by atoms with Crippen molar-refractivity contribution >= 4 is 25.9 Å². The molecule has 15 heteroatoms. The molecule has 0 bridgehead atoms. The van der Waals surface area contributed by atoms with Crippen molar-refractivity contribution in [3.63, 3.8) is 0 Å². The number of halogens is 1. The third kappa shape index (κ3) is 11.0. The standard InChI is InChI=1S/C19H22BFN2O3.C12H17BN2O3.CH4O.CH3.Na/c1-20(25)23-17(10-11-18(23)19(22)24)13-6-8-15(9-7-13)26-12-14-4-2-3-5-16(14)21;1-13(18)15-10(6-7-11(15)12(14)17)8-2-4-9(16)5-3-8;1-2;;/h2-9,17-18,25H,10-12H2,1H3,(H2,22,24);2-5,10-11,16,18H,6-7H2,1H3,(H2,14,17);2H,1H3;1H3;/q;;;-1;+1/t17?,18-;10?,11-;;;/m00.../s1. The summed E-state index contributed by atoms with van der Waals surface area (Å²) in [6, 6.07) is 19.7. The summed E-state index contributed by atoms with van der Waals surface area (Å²) in [5, 5.41) is 36.2. The fourth-order valence-corrected chi connectivity index (χ4v) is 6.22. The van der Waals surface area contributed by atoms with Crippen LogP contribution in [-0.2, 0) is 16.2 Å². The van der Waals surface area contributed by atoms with Crippen molar-refractivity contribution in [2.75, 3.05) is 7.11 Å². The summed E-state index contributed by atoms with van der Waals surface area (Å²) in [6.07, 6.45) is 2.78. The van der Waals surface area contributed by atoms with Gasteiger partial charge in [0.2, 0.25) is 11.8 Å². The molecule has 0 radical (unpaired) electrons. The Balaban J connectivity index is 0.000000463. The Bertz CT molecular complexity index is 1420. The van der Waals surface area contributed by atoms with Gasteiger partial charge in [-0.25, -0.2) is 4.39 Å². The molecule has 11 nitrogen and oxygen atoms in total. The van der Waals surface area contributed by atoms with E-state index in [2.05, 4.69) is 0 Å². The predicted molar refractivity (Wildman–Crippen MR) is 181 cm³/mol. The molecule has 3 aromatic rings. The minimum Gasteiger partial charge on any atom is -0.508 e. The first-order chi connectivity index (χ1) is 22.0. The largest absolute Gasteiger partial charge is 1.00 e. The Morgan fingerprint density at radius 2 is 1.21 bits per heavy atom. The summed E-state index contributed by atoms with van der Waals surface area (Å²) in [5.41, 5.74) is 13.3. The quantitative estimate of drug-likeness (QED) is 0.135. The van der Waals surface area contributed by atoms with Gasteiger partial charge in [-0.05, 0) is 80.8 Å². The third-order valence-electron chi connectivity index (χ3n) is 8.28. The van der Waals surface area contributed by atoms with E-state index in [4.69, 9.17) is 21.3 Å². The fourth-order valence-electron chi connectivity index (χ4n) is 6.22. The normalized spacial score (nSPS) is 20.1. The molecule has 2 aliphatic rings. The number of aliphatic hydroxyl groups is 1. The number of primary amides is 2. The molecule has 4 atom stereocenters. The van der Waals surface area contributed by atoms with E-state index in [1.165, 1.54) is 6.07 Å². The molecule has 0 aliphatic carbocycles. The molecule has 254 valence electrons. The van der Waals surface area contributed by atoms with Crippen molar-refractivity contribution in [1.29, 1.82) is 0 Å². The molecule has 3 aromatic carbocycles. The summed E-state index contributed by atoms with van der Waals surface area (Å²) in [5.74, 6) is -0.285. The number of nitrogens with zero attached hydrogens (tertiary/aromatic N) is 2. The van der Waals surface area contributed by atoms with Crippen LogP contribution in [0.3, 0.4) is 0 Å². The van der Waals surface area contributed by atoms with Gasteiger partial charge in [0.05, 0.1) is 12.1 Å². The number of aliphatic hydroxyl groups excluding tert-OH is 1. The molecule has 0 aromatic heterocycles. The Morgan fingerprint density at radius 1 is 0.792 bits per heavy atom. The molecule has 2 aliphatic heterocycles. The minimum atomic E-state index is -0.767. The van der Waals surface area contributed by atoms with Crippen molar-refractivity contribution in [2.24, 2.45) is 11.5 Å². The molecule has 5 rings (SSSR count). The van der Waals surface area contributed by atoms with Crippen molar-refractivity contribution in [3.8, 4) is 11.5 Å². The number of benzene rings is 3. The maximum absolute atomic E-state index is 13.6. The Kier molecular flexibility index (Phi) is 18.4. The number of amides is 2. The number of aromatic hydroxyl groups is 1. The van der Waals surface area contributed by atoms with Crippen LogP contribution >= 0.6 is 0 Å². The molecule has 0 spiro atoms. The molecule has 8 N–H and O–H groups in total. The van der Waals surface area contributed by atoms with E-state index in [-0.39, 0.29) is 67.2 Å². The van der Waals surface area contributed by atoms with Crippen molar-refractivity contribution in [2.45, 2.75) is 70.1 Å². The van der Waals surface area contributed by atoms with E-state index in [0.717, 1.165) is 31.1 Å². The first-order valence-electron chi connectivity index (χ1n) is 15.2. The number of hydrogen-bond donors (Lipinski definition) is 6. The molecule has 2 amide bonds. The van der Waals surface area contributed by atoms with E-state index in [0.29, 0.717) is 24.2 Å². The molecule has 2 fully saturated rings. The van der Waals surface area contributed by atoms with E-state index in [9.17, 15) is 29.1 Å². The predicted octanol–water partition coefficient (Wildman–Crippen LogP) is 0.0619. The van der Waals surface area contributed by atoms with Crippen LogP contribution in [0.15, 0.2) is 72.8 Å². The number of rotatable bonds is 9. The van der Waals surface area contributed by atoms with Gasteiger partial charge in [-0.1, -0.05) is 42.5 Å². The van der Waals surface area contributed by atoms with Crippen LogP contribution in [0.1, 0.15) is 54.5 Å². The van der Waals surface area contributed by atoms with E-state index >= 15 is 0 Å². The van der Waals surface area contributed by atoms with Crippen LogP contribution in [0.4, 0.5) is 4.39 Å². The number of carbonyl (C=O) groups is 2. The van der Waals surface area contributed by atoms with Gasteiger partial charge in [-0.15, -0.1) is 0 Å². The van der Waals surface area contributed by atoms with Gasteiger partial charge in [0.25, 0.3) is 0 Å². The second-order valence-corrected chi connectivity index (χ2v) is 11.2. The summed E-state index contributed by atoms with van der Waals surface area (Å²) in [6.45, 7) is 3.42. The minimum absolute atomic E-state index is 0. The van der Waals surface area contributed by atoms with E-state index < -0.39 is 38.0 Å². The molecular weight excluding hydrogens is 628 g/mol. The maximum atomic E-state index is 13.6. The molecular formula is C33H46B2FN4NaO7. The van der Waals surface area contributed by atoms with Gasteiger partial charge in [-0.2, -0.15) is 0 Å². The molecule has 2 unspecified atom stereocenters. The molecule has 2 saturated heterocycles. The first kappa shape index (κ1) is 43.1. The van der Waals surface area contributed by atoms with E-state index in [1.807, 2.05) is 24.3 Å². The Hall–Kier alpha value is -2.94. The topological polar surface area (TPSA) is 183 Å². The zero-order valence-corrected chi connectivity index (χ0v) is 30.4. The zero-order chi connectivity index (χ0) is 34.0. The number of phenols is 1. The van der Waals surface area contributed by atoms with Gasteiger partial charge in [-0.3, -0.25) is 9.59 Å². The Labute approximate surface area is 305 Å². The number of ether oxygens (including phenoxy) is 1. The summed E-state index contributed by atoms with van der Waals surface area (Å²) < 4.78 is 19.3. The summed E-state index contributed by atoms with van der Waals surface area (Å²) in [7, 11) is -0.499. The van der Waals surface area contributed by atoms with Gasteiger partial charge in [0.1, 0.15) is 23.9 Å². The van der Waals surface area contributed by atoms with Crippen molar-refractivity contribution < 1.29 is 68.5 Å². The maximum Gasteiger partial charge on any atom is 1.00 e. The number of phenolic OH excluding ortho intramolecular Hbond substituents is 1. The first-order valence-corrected chi connectivity index (χ1v) is 15.2. The smallest absolute Gasteiger partial charge is 0.508 e. The van der Waals surface area contributed by atoms with Crippen LogP contribution in [0.25, 0.3) is 0 Å². The average molecular weight is 674 g/mol. The van der Waals surface area contributed by atoms with Crippen LogP contribution in [0, 0.1) is 13.2 Å². The SMILES string of the molecule is CB(O)N1C(c2ccc(O)cc2)CC[C@H]1C(N)=O.CB(O)N1C(c2ccc(OCc3ccccc3F)cc2)CC[C@H]1C(N)=O.CO.[CH3-].[Na+].